The highest BCUT2D eigenvalue weighted by Crippen LogP contribution is 2.32. The van der Waals surface area contributed by atoms with Crippen molar-refractivity contribution in [3.8, 4) is 17.2 Å². The molecule has 3 aliphatic rings. The van der Waals surface area contributed by atoms with Gasteiger partial charge in [-0.05, 0) is 66.6 Å². The number of halogens is 1. The van der Waals surface area contributed by atoms with Crippen LogP contribution < -0.4 is 24.8 Å². The van der Waals surface area contributed by atoms with Crippen molar-refractivity contribution in [3.05, 3.63) is 58.5 Å². The molecule has 5 amide bonds. The first-order chi connectivity index (χ1) is 20.3. The molecule has 2 aromatic rings. The second-order valence-electron chi connectivity index (χ2n) is 9.77. The molecule has 0 radical (unpaired) electrons. The number of rotatable bonds is 12. The summed E-state index contributed by atoms with van der Waals surface area (Å²) in [5.74, 6) is 1.02. The van der Waals surface area contributed by atoms with Gasteiger partial charge in [0, 0.05) is 18.7 Å². The summed E-state index contributed by atoms with van der Waals surface area (Å²) in [6.45, 7) is 0.524. The molecule has 3 aliphatic heterocycles. The van der Waals surface area contributed by atoms with E-state index in [1.165, 1.54) is 28.3 Å². The quantitative estimate of drug-likeness (QED) is 0.272. The lowest BCUT2D eigenvalue weighted by atomic mass is 10.1. The zero-order chi connectivity index (χ0) is 29.6. The Kier molecular flexibility index (Phi) is 9.33. The molecule has 1 unspecified atom stereocenters. The number of hydrogen-bond donors (Lipinski definition) is 2. The predicted octanol–water partition coefficient (Wildman–Crippen LogP) is 3.94. The van der Waals surface area contributed by atoms with Crippen LogP contribution in [0, 0.1) is 0 Å². The molecule has 3 heterocycles. The van der Waals surface area contributed by atoms with Gasteiger partial charge in [0.15, 0.2) is 23.3 Å². The van der Waals surface area contributed by atoms with E-state index in [-0.39, 0.29) is 31.7 Å². The summed E-state index contributed by atoms with van der Waals surface area (Å²) in [4.78, 5) is 52.8. The van der Waals surface area contributed by atoms with E-state index in [1.54, 1.807) is 29.7 Å². The van der Waals surface area contributed by atoms with Crippen LogP contribution in [0.3, 0.4) is 0 Å². The Morgan fingerprint density at radius 2 is 1.93 bits per heavy atom. The number of carbonyl (C=O) groups is 4. The number of nitrogens with one attached hydrogen (secondary N) is 2. The third-order valence-electron chi connectivity index (χ3n) is 6.94. The molecule has 5 rings (SSSR count). The van der Waals surface area contributed by atoms with E-state index in [9.17, 15) is 19.2 Å². The standard InChI is InChI=1S/C29H29ClN4O7S/c1-39-22-9-7-19(14-20(22)30)32-26(36)16-34-21-10-12-42-27(21)28(37)33(29(34)38)11-4-2-3-5-25(35)31-15-18-6-8-23-24(13-18)41-17-40-23/h6-10,12-14,27H,2-5,11,15-17H2,1H3,(H-,31,32,35,36)/p+1. The molecule has 0 aromatic heterocycles. The maximum Gasteiger partial charge on any atom is 0.501 e. The van der Waals surface area contributed by atoms with Crippen LogP contribution in [0.25, 0.3) is 0 Å². The fourth-order valence-corrected chi connectivity index (χ4v) is 6.00. The number of benzene rings is 2. The van der Waals surface area contributed by atoms with Crippen molar-refractivity contribution in [3.63, 3.8) is 0 Å². The number of unbranched alkanes of at least 4 members (excludes halogenated alkanes) is 2. The van der Waals surface area contributed by atoms with Gasteiger partial charge >= 0.3 is 11.9 Å². The summed E-state index contributed by atoms with van der Waals surface area (Å²) >= 11 is 7.46. The van der Waals surface area contributed by atoms with Crippen molar-refractivity contribution in [1.29, 1.82) is 0 Å². The smallest absolute Gasteiger partial charge is 0.495 e. The summed E-state index contributed by atoms with van der Waals surface area (Å²) in [5.41, 5.74) is 1.87. The number of amides is 5. The number of hydrogen-bond acceptors (Lipinski definition) is 8. The van der Waals surface area contributed by atoms with Crippen LogP contribution >= 0.6 is 23.4 Å². The van der Waals surface area contributed by atoms with Crippen LogP contribution in [0.2, 0.25) is 5.02 Å². The lowest BCUT2D eigenvalue weighted by Gasteiger charge is -2.24. The van der Waals surface area contributed by atoms with Crippen molar-refractivity contribution >= 4 is 58.5 Å². The van der Waals surface area contributed by atoms with E-state index in [1.807, 2.05) is 18.2 Å². The normalized spacial score (nSPS) is 17.0. The van der Waals surface area contributed by atoms with Gasteiger partial charge in [0.2, 0.25) is 12.7 Å². The Hall–Kier alpha value is -4.03. The molecule has 11 nitrogen and oxygen atoms in total. The lowest BCUT2D eigenvalue weighted by molar-refractivity contribution is -0.425. The SMILES string of the molecule is COc1ccc(NC(=O)C[N+]2=C3C=CSC3C(=O)N(CCCCCC(=O)NCc3ccc4c(c3)OCO4)C2=O)cc1Cl. The summed E-state index contributed by atoms with van der Waals surface area (Å²) in [6.07, 6.45) is 3.82. The molecule has 0 spiro atoms. The maximum atomic E-state index is 13.3. The molecular formula is C29H30ClN4O7S+. The largest absolute Gasteiger partial charge is 0.501 e. The second-order valence-corrected chi connectivity index (χ2v) is 11.2. The van der Waals surface area contributed by atoms with Crippen LogP contribution in [-0.4, -0.2) is 71.2 Å². The Labute approximate surface area is 251 Å². The number of methoxy groups -OCH3 is 1. The molecule has 42 heavy (non-hydrogen) atoms. The van der Waals surface area contributed by atoms with Gasteiger partial charge in [0.1, 0.15) is 11.5 Å². The molecule has 2 N–H and O–H groups in total. The van der Waals surface area contributed by atoms with Gasteiger partial charge < -0.3 is 24.8 Å². The van der Waals surface area contributed by atoms with Crippen LogP contribution in [-0.2, 0) is 20.9 Å². The van der Waals surface area contributed by atoms with E-state index >= 15 is 0 Å². The Morgan fingerprint density at radius 3 is 2.74 bits per heavy atom. The van der Waals surface area contributed by atoms with Crippen LogP contribution in [0.1, 0.15) is 31.2 Å². The first-order valence-corrected chi connectivity index (χ1v) is 14.8. The minimum absolute atomic E-state index is 0.0826. The average molecular weight is 614 g/mol. The maximum absolute atomic E-state index is 13.3. The fourth-order valence-electron chi connectivity index (χ4n) is 4.78. The number of anilines is 1. The fraction of sp³-hybridized carbons (Fsp3) is 0.345. The summed E-state index contributed by atoms with van der Waals surface area (Å²) in [6, 6.07) is 9.84. The molecule has 0 bridgehead atoms. The van der Waals surface area contributed by atoms with Crippen molar-refractivity contribution in [2.75, 3.05) is 32.3 Å². The monoisotopic (exact) mass is 613 g/mol. The number of urea groups is 1. The number of thioether (sulfide) groups is 1. The molecular weight excluding hydrogens is 584 g/mol. The van der Waals surface area contributed by atoms with E-state index in [2.05, 4.69) is 10.6 Å². The number of carbonyl (C=O) groups excluding carboxylic acids is 4. The number of nitrogens with zero attached hydrogens (tertiary/aromatic N) is 2. The zero-order valence-electron chi connectivity index (χ0n) is 22.9. The molecule has 1 atom stereocenters. The van der Waals surface area contributed by atoms with Gasteiger partial charge in [-0.2, -0.15) is 14.3 Å². The topological polar surface area (TPSA) is 126 Å². The van der Waals surface area contributed by atoms with Gasteiger partial charge in [0.25, 0.3) is 5.91 Å². The van der Waals surface area contributed by atoms with E-state index in [0.717, 1.165) is 5.56 Å². The van der Waals surface area contributed by atoms with E-state index in [4.69, 9.17) is 25.8 Å². The summed E-state index contributed by atoms with van der Waals surface area (Å²) < 4.78 is 17.1. The molecule has 0 fully saturated rings. The second kappa shape index (κ2) is 13.3. The number of fused-ring (bicyclic) bond motifs is 2. The lowest BCUT2D eigenvalue weighted by Crippen LogP contribution is -2.56. The van der Waals surface area contributed by atoms with Crippen molar-refractivity contribution in [2.45, 2.75) is 37.5 Å². The predicted molar refractivity (Wildman–Crippen MR) is 157 cm³/mol. The van der Waals surface area contributed by atoms with Gasteiger partial charge in [0.05, 0.1) is 18.7 Å². The molecule has 13 heteroatoms. The van der Waals surface area contributed by atoms with E-state index in [0.29, 0.717) is 65.9 Å². The molecule has 220 valence electrons. The van der Waals surface area contributed by atoms with Gasteiger partial charge in [-0.15, -0.1) is 11.8 Å². The van der Waals surface area contributed by atoms with Crippen LogP contribution in [0.15, 0.2) is 47.9 Å². The zero-order valence-corrected chi connectivity index (χ0v) is 24.5. The van der Waals surface area contributed by atoms with Gasteiger partial charge in [-0.1, -0.05) is 17.7 Å². The highest BCUT2D eigenvalue weighted by molar-refractivity contribution is 8.04. The number of allylic oxidation sites excluding steroid dienone is 1. The molecule has 2 aromatic carbocycles. The highest BCUT2D eigenvalue weighted by Gasteiger charge is 2.49. The summed E-state index contributed by atoms with van der Waals surface area (Å²) in [7, 11) is 1.50. The van der Waals surface area contributed by atoms with E-state index < -0.39 is 17.2 Å². The summed E-state index contributed by atoms with van der Waals surface area (Å²) in [5, 5.41) is 7.15. The molecule has 0 saturated heterocycles. The Morgan fingerprint density at radius 1 is 1.10 bits per heavy atom. The van der Waals surface area contributed by atoms with Gasteiger partial charge in [-0.25, -0.2) is 4.79 Å². The molecule has 0 aliphatic carbocycles. The van der Waals surface area contributed by atoms with Crippen molar-refractivity contribution in [1.82, 2.24) is 10.2 Å². The first-order valence-electron chi connectivity index (χ1n) is 13.4. The number of imide groups is 1. The molecule has 0 saturated carbocycles. The van der Waals surface area contributed by atoms with Crippen LogP contribution in [0.4, 0.5) is 10.5 Å². The third-order valence-corrected chi connectivity index (χ3v) is 8.24. The first kappa shape index (κ1) is 29.5. The third kappa shape index (κ3) is 6.71. The minimum Gasteiger partial charge on any atom is -0.495 e. The number of ether oxygens (including phenoxy) is 3. The van der Waals surface area contributed by atoms with Gasteiger partial charge in [-0.3, -0.25) is 9.59 Å². The van der Waals surface area contributed by atoms with Crippen molar-refractivity contribution < 1.29 is 38.0 Å². The Bertz CT molecular complexity index is 1480. The van der Waals surface area contributed by atoms with Crippen LogP contribution in [0.5, 0.6) is 17.2 Å². The average Bonchev–Trinajstić information content (AvgIpc) is 3.65. The minimum atomic E-state index is -0.576. The van der Waals surface area contributed by atoms with Crippen molar-refractivity contribution in [2.24, 2.45) is 0 Å². The highest BCUT2D eigenvalue weighted by atomic mass is 35.5. The Balaban J connectivity index is 1.09.